The van der Waals surface area contributed by atoms with Gasteiger partial charge >= 0.3 is 0 Å². The lowest BCUT2D eigenvalue weighted by Crippen LogP contribution is -1.91. The fraction of sp³-hybridized carbons (Fsp3) is 0.125. The molecule has 1 aliphatic carbocycles. The first kappa shape index (κ1) is 6.02. The highest BCUT2D eigenvalue weighted by Crippen LogP contribution is 2.02. The molecule has 0 aliphatic heterocycles. The van der Waals surface area contributed by atoms with Crippen LogP contribution in [0.5, 0.6) is 0 Å². The Labute approximate surface area is 55.1 Å². The van der Waals surface area contributed by atoms with Crippen LogP contribution in [0.4, 0.5) is 0 Å². The van der Waals surface area contributed by atoms with Crippen molar-refractivity contribution in [2.75, 3.05) is 7.05 Å². The van der Waals surface area contributed by atoms with Crippen LogP contribution in [0.2, 0.25) is 0 Å². The summed E-state index contributed by atoms with van der Waals surface area (Å²) in [6.07, 6.45) is 7.44. The van der Waals surface area contributed by atoms with Crippen LogP contribution in [0.3, 0.4) is 0 Å². The molecule has 0 bridgehead atoms. The van der Waals surface area contributed by atoms with Gasteiger partial charge in [0.25, 0.3) is 0 Å². The van der Waals surface area contributed by atoms with Crippen molar-refractivity contribution >= 4 is 5.71 Å². The first-order chi connectivity index (χ1) is 4.33. The highest BCUT2D eigenvalue weighted by Gasteiger charge is 1.91. The maximum absolute atomic E-state index is 5.44. The summed E-state index contributed by atoms with van der Waals surface area (Å²) in [4.78, 5) is 3.96. The van der Waals surface area contributed by atoms with Gasteiger partial charge in [-0.15, -0.1) is 0 Å². The van der Waals surface area contributed by atoms with E-state index in [0.29, 0.717) is 0 Å². The quantitative estimate of drug-likeness (QED) is 0.457. The topological polar surface area (TPSA) is 12.4 Å². The zero-order valence-corrected chi connectivity index (χ0v) is 5.33. The van der Waals surface area contributed by atoms with Crippen molar-refractivity contribution < 1.29 is 0 Å². The Morgan fingerprint density at radius 1 is 1.22 bits per heavy atom. The van der Waals surface area contributed by atoms with Crippen molar-refractivity contribution in [1.29, 1.82) is 0 Å². The molecular weight excluding hydrogens is 110 g/mol. The van der Waals surface area contributed by atoms with E-state index >= 15 is 0 Å². The molecule has 0 saturated carbocycles. The Bertz CT molecular complexity index is 189. The minimum atomic E-state index is 0.780. The van der Waals surface area contributed by atoms with Gasteiger partial charge in [-0.1, -0.05) is 18.7 Å². The molecule has 9 heavy (non-hydrogen) atoms. The van der Waals surface area contributed by atoms with Crippen LogP contribution in [-0.2, 0) is 0 Å². The van der Waals surface area contributed by atoms with Gasteiger partial charge < -0.3 is 0 Å². The zero-order chi connectivity index (χ0) is 6.69. The van der Waals surface area contributed by atoms with Crippen molar-refractivity contribution in [3.8, 4) is 0 Å². The first-order valence-corrected chi connectivity index (χ1v) is 2.78. The minimum absolute atomic E-state index is 0.780. The molecule has 0 spiro atoms. The van der Waals surface area contributed by atoms with Crippen LogP contribution in [0.1, 0.15) is 0 Å². The average molecular weight is 118 g/mol. The molecule has 0 amide bonds. The molecule has 1 radical (unpaired) electrons. The normalized spacial score (nSPS) is 16.6. The molecule has 1 rings (SSSR count). The van der Waals surface area contributed by atoms with Crippen LogP contribution in [-0.4, -0.2) is 12.8 Å². The second-order valence-electron chi connectivity index (χ2n) is 1.82. The molecule has 0 heterocycles. The molecule has 0 fully saturated rings. The maximum atomic E-state index is 5.44. The molecule has 0 aromatic carbocycles. The van der Waals surface area contributed by atoms with Crippen molar-refractivity contribution in [2.24, 2.45) is 4.99 Å². The van der Waals surface area contributed by atoms with Crippen molar-refractivity contribution in [3.05, 3.63) is 36.5 Å². The number of aliphatic imine (C=N–C) groups is 1. The molecule has 0 unspecified atom stereocenters. The van der Waals surface area contributed by atoms with Crippen LogP contribution in [0.25, 0.3) is 0 Å². The van der Waals surface area contributed by atoms with Gasteiger partial charge in [-0.2, -0.15) is 0 Å². The zero-order valence-electron chi connectivity index (χ0n) is 5.33. The number of hydrogen-bond donors (Lipinski definition) is 0. The first-order valence-electron chi connectivity index (χ1n) is 2.78. The third-order valence-corrected chi connectivity index (χ3v) is 1.15. The van der Waals surface area contributed by atoms with Gasteiger partial charge in [0, 0.05) is 7.05 Å². The highest BCUT2D eigenvalue weighted by atomic mass is 14.7. The van der Waals surface area contributed by atoms with E-state index in [0.717, 1.165) is 11.3 Å². The largest absolute Gasteiger partial charge is 0.289 e. The Hall–Kier alpha value is -1.11. The third-order valence-electron chi connectivity index (χ3n) is 1.15. The van der Waals surface area contributed by atoms with Crippen LogP contribution < -0.4 is 0 Å². The number of allylic oxidation sites excluding steroid dienone is 5. The van der Waals surface area contributed by atoms with E-state index in [9.17, 15) is 0 Å². The minimum Gasteiger partial charge on any atom is -0.289 e. The molecule has 0 aromatic heterocycles. The van der Waals surface area contributed by atoms with Gasteiger partial charge in [0.1, 0.15) is 0 Å². The van der Waals surface area contributed by atoms with Gasteiger partial charge in [0.15, 0.2) is 0 Å². The Morgan fingerprint density at radius 2 is 1.78 bits per heavy atom. The standard InChI is InChI=1S/C8H8N/c1-7-3-5-8(9-2)6-4-7/h1,3-6H,2H3. The molecule has 45 valence electrons. The van der Waals surface area contributed by atoms with E-state index in [1.54, 1.807) is 7.05 Å². The van der Waals surface area contributed by atoms with Gasteiger partial charge in [-0.05, 0) is 17.7 Å². The number of nitrogens with zero attached hydrogens (tertiary/aromatic N) is 1. The summed E-state index contributed by atoms with van der Waals surface area (Å²) in [6.45, 7) is 5.44. The maximum Gasteiger partial charge on any atom is 0.0571 e. The van der Waals surface area contributed by atoms with Crippen molar-refractivity contribution in [1.82, 2.24) is 0 Å². The highest BCUT2D eigenvalue weighted by molar-refractivity contribution is 6.05. The third kappa shape index (κ3) is 1.39. The monoisotopic (exact) mass is 118 g/mol. The predicted octanol–water partition coefficient (Wildman–Crippen LogP) is 1.54. The summed E-state index contributed by atoms with van der Waals surface area (Å²) >= 11 is 0. The van der Waals surface area contributed by atoms with E-state index in [4.69, 9.17) is 6.58 Å². The average Bonchev–Trinajstić information content (AvgIpc) is 1.90. The molecule has 1 heteroatoms. The molecule has 0 aromatic rings. The fourth-order valence-corrected chi connectivity index (χ4v) is 0.623. The molecule has 1 nitrogen and oxygen atoms in total. The summed E-state index contributed by atoms with van der Waals surface area (Å²) in [5.74, 6) is 0. The summed E-state index contributed by atoms with van der Waals surface area (Å²) in [5, 5.41) is 0. The van der Waals surface area contributed by atoms with E-state index in [-0.39, 0.29) is 0 Å². The van der Waals surface area contributed by atoms with E-state index in [1.807, 2.05) is 24.3 Å². The number of rotatable bonds is 0. The number of hydrogen-bond acceptors (Lipinski definition) is 1. The molecule has 0 atom stereocenters. The SMILES string of the molecule is [CH]=C1C=CC(=NC)C=C1. The van der Waals surface area contributed by atoms with E-state index < -0.39 is 0 Å². The van der Waals surface area contributed by atoms with Gasteiger partial charge in [-0.3, -0.25) is 4.99 Å². The van der Waals surface area contributed by atoms with Gasteiger partial charge in [0.05, 0.1) is 5.71 Å². The molecule has 0 N–H and O–H groups in total. The Kier molecular flexibility index (Phi) is 1.63. The summed E-state index contributed by atoms with van der Waals surface area (Å²) in [6, 6.07) is 0. The fourth-order valence-electron chi connectivity index (χ4n) is 0.623. The van der Waals surface area contributed by atoms with E-state index in [1.165, 1.54) is 0 Å². The molecule has 0 saturated heterocycles. The predicted molar refractivity (Wildman–Crippen MR) is 39.5 cm³/mol. The second-order valence-corrected chi connectivity index (χ2v) is 1.82. The van der Waals surface area contributed by atoms with Crippen molar-refractivity contribution in [2.45, 2.75) is 0 Å². The molecular formula is C8H8N. The van der Waals surface area contributed by atoms with Crippen LogP contribution in [0.15, 0.2) is 34.9 Å². The summed E-state index contributed by atoms with van der Waals surface area (Å²) in [5.41, 5.74) is 1.74. The Balaban J connectivity index is 2.82. The molecule has 1 aliphatic rings. The lowest BCUT2D eigenvalue weighted by atomic mass is 10.1. The smallest absolute Gasteiger partial charge is 0.0571 e. The van der Waals surface area contributed by atoms with Crippen LogP contribution in [0, 0.1) is 6.58 Å². The van der Waals surface area contributed by atoms with E-state index in [2.05, 4.69) is 4.99 Å². The van der Waals surface area contributed by atoms with Gasteiger partial charge in [-0.25, -0.2) is 0 Å². The summed E-state index contributed by atoms with van der Waals surface area (Å²) < 4.78 is 0. The summed E-state index contributed by atoms with van der Waals surface area (Å²) in [7, 11) is 1.76. The van der Waals surface area contributed by atoms with Gasteiger partial charge in [0.2, 0.25) is 0 Å². The van der Waals surface area contributed by atoms with Crippen molar-refractivity contribution in [3.63, 3.8) is 0 Å². The Morgan fingerprint density at radius 3 is 2.22 bits per heavy atom. The lowest BCUT2D eigenvalue weighted by molar-refractivity contribution is 1.44. The lowest BCUT2D eigenvalue weighted by Gasteiger charge is -1.97. The second kappa shape index (κ2) is 2.44. The van der Waals surface area contributed by atoms with Crippen LogP contribution >= 0.6 is 0 Å².